The van der Waals surface area contributed by atoms with Crippen molar-refractivity contribution in [1.82, 2.24) is 9.62 Å². The highest BCUT2D eigenvalue weighted by atomic mass is 32.2. The number of hydrogen-bond donors (Lipinski definition) is 2. The van der Waals surface area contributed by atoms with Crippen molar-refractivity contribution in [3.8, 4) is 5.75 Å². The molecule has 0 bridgehead atoms. The fraction of sp³-hybridized carbons (Fsp3) is 0.538. The molecule has 2 saturated heterocycles. The van der Waals surface area contributed by atoms with Gasteiger partial charge in [0.25, 0.3) is 0 Å². The lowest BCUT2D eigenvalue weighted by molar-refractivity contribution is 0.318. The summed E-state index contributed by atoms with van der Waals surface area (Å²) in [6.07, 6.45) is 1.65. The fourth-order valence-corrected chi connectivity index (χ4v) is 4.80. The summed E-state index contributed by atoms with van der Waals surface area (Å²) in [4.78, 5) is 0. The number of hydrogen-bond acceptors (Lipinski definition) is 4. The van der Waals surface area contributed by atoms with Gasteiger partial charge in [-0.15, -0.1) is 0 Å². The van der Waals surface area contributed by atoms with E-state index in [9.17, 15) is 13.5 Å². The molecule has 0 aromatic heterocycles. The second-order valence-corrected chi connectivity index (χ2v) is 7.02. The third-order valence-electron chi connectivity index (χ3n) is 3.87. The molecule has 2 aliphatic heterocycles. The predicted molar refractivity (Wildman–Crippen MR) is 77.0 cm³/mol. The van der Waals surface area contributed by atoms with Gasteiger partial charge in [-0.1, -0.05) is 6.07 Å². The lowest BCUT2D eigenvalue weighted by Crippen LogP contribution is -2.54. The second kappa shape index (κ2) is 5.23. The van der Waals surface area contributed by atoms with Crippen molar-refractivity contribution in [2.45, 2.75) is 18.9 Å². The summed E-state index contributed by atoms with van der Waals surface area (Å²) in [6, 6.07) is 6.46. The molecule has 20 heavy (non-hydrogen) atoms. The number of nitrogens with zero attached hydrogens (tertiary/aromatic N) is 2. The average Bonchev–Trinajstić information content (AvgIpc) is 2.91. The maximum Gasteiger partial charge on any atom is 0.304 e. The molecule has 6 nitrogen and oxygen atoms in total. The second-order valence-electron chi connectivity index (χ2n) is 5.21. The van der Waals surface area contributed by atoms with Crippen LogP contribution in [-0.2, 0) is 10.2 Å². The van der Waals surface area contributed by atoms with Gasteiger partial charge in [0.05, 0.1) is 5.69 Å². The highest BCUT2D eigenvalue weighted by molar-refractivity contribution is 7.90. The van der Waals surface area contributed by atoms with Crippen molar-refractivity contribution >= 4 is 15.9 Å². The van der Waals surface area contributed by atoms with Gasteiger partial charge in [-0.2, -0.15) is 12.7 Å². The number of rotatable bonds is 2. The number of nitrogens with one attached hydrogen (secondary N) is 1. The molecule has 0 aliphatic carbocycles. The largest absolute Gasteiger partial charge is 0.508 e. The third-order valence-corrected chi connectivity index (χ3v) is 5.90. The number of aromatic hydroxyl groups is 1. The maximum atomic E-state index is 12.8. The van der Waals surface area contributed by atoms with Crippen LogP contribution in [0.15, 0.2) is 24.3 Å². The molecule has 1 unspecified atom stereocenters. The Morgan fingerprint density at radius 3 is 2.85 bits per heavy atom. The highest BCUT2D eigenvalue weighted by Gasteiger charge is 2.39. The molecule has 7 heteroatoms. The SMILES string of the molecule is O=S1(=O)N(c2cccc(O)c2)CCCN1C1CCNC1. The molecule has 2 fully saturated rings. The van der Waals surface area contributed by atoms with Crippen LogP contribution in [0.5, 0.6) is 5.75 Å². The van der Waals surface area contributed by atoms with Gasteiger partial charge in [0.2, 0.25) is 0 Å². The first-order valence-electron chi connectivity index (χ1n) is 6.88. The molecule has 110 valence electrons. The van der Waals surface area contributed by atoms with E-state index in [-0.39, 0.29) is 11.8 Å². The molecule has 2 aliphatic rings. The first-order valence-corrected chi connectivity index (χ1v) is 8.28. The Kier molecular flexibility index (Phi) is 3.57. The van der Waals surface area contributed by atoms with Gasteiger partial charge in [-0.3, -0.25) is 4.31 Å². The van der Waals surface area contributed by atoms with E-state index in [4.69, 9.17) is 0 Å². The van der Waals surface area contributed by atoms with E-state index < -0.39 is 10.2 Å². The summed E-state index contributed by atoms with van der Waals surface area (Å²) in [5.74, 6) is 0.0809. The Labute approximate surface area is 119 Å². The molecule has 1 aromatic rings. The van der Waals surface area contributed by atoms with Crippen LogP contribution in [0.3, 0.4) is 0 Å². The zero-order valence-electron chi connectivity index (χ0n) is 11.2. The topological polar surface area (TPSA) is 72.9 Å². The van der Waals surface area contributed by atoms with E-state index in [0.717, 1.165) is 19.4 Å². The van der Waals surface area contributed by atoms with Crippen LogP contribution >= 0.6 is 0 Å². The van der Waals surface area contributed by atoms with Crippen molar-refractivity contribution in [2.75, 3.05) is 30.5 Å². The molecule has 2 N–H and O–H groups in total. The Hall–Kier alpha value is -1.31. The van der Waals surface area contributed by atoms with Gasteiger partial charge in [0.15, 0.2) is 0 Å². The van der Waals surface area contributed by atoms with Crippen LogP contribution in [0.25, 0.3) is 0 Å². The minimum absolute atomic E-state index is 0.0418. The van der Waals surface area contributed by atoms with Crippen LogP contribution in [0.4, 0.5) is 5.69 Å². The van der Waals surface area contributed by atoms with Crippen LogP contribution in [0.1, 0.15) is 12.8 Å². The van der Waals surface area contributed by atoms with Crippen LogP contribution in [0, 0.1) is 0 Å². The molecule has 1 aromatic carbocycles. The molecule has 0 radical (unpaired) electrons. The summed E-state index contributed by atoms with van der Waals surface area (Å²) >= 11 is 0. The summed E-state index contributed by atoms with van der Waals surface area (Å²) < 4.78 is 28.5. The van der Waals surface area contributed by atoms with Crippen molar-refractivity contribution in [3.05, 3.63) is 24.3 Å². The first-order chi connectivity index (χ1) is 9.59. The summed E-state index contributed by atoms with van der Waals surface area (Å²) in [7, 11) is -3.50. The van der Waals surface area contributed by atoms with Crippen LogP contribution in [-0.4, -0.2) is 50.1 Å². The number of anilines is 1. The van der Waals surface area contributed by atoms with Gasteiger partial charge < -0.3 is 10.4 Å². The predicted octanol–water partition coefficient (Wildman–Crippen LogP) is 0.511. The fourth-order valence-electron chi connectivity index (χ4n) is 2.89. The van der Waals surface area contributed by atoms with E-state index in [2.05, 4.69) is 5.32 Å². The minimum atomic E-state index is -3.50. The van der Waals surface area contributed by atoms with Gasteiger partial charge >= 0.3 is 10.2 Å². The summed E-state index contributed by atoms with van der Waals surface area (Å²) in [6.45, 7) is 2.61. The van der Waals surface area contributed by atoms with Crippen LogP contribution in [0.2, 0.25) is 0 Å². The first kappa shape index (κ1) is 13.7. The molecule has 3 rings (SSSR count). The van der Waals surface area contributed by atoms with Gasteiger partial charge in [0, 0.05) is 31.7 Å². The lowest BCUT2D eigenvalue weighted by atomic mass is 10.2. The van der Waals surface area contributed by atoms with Crippen LogP contribution < -0.4 is 9.62 Å². The maximum absolute atomic E-state index is 12.8. The van der Waals surface area contributed by atoms with E-state index in [0.29, 0.717) is 25.3 Å². The normalized spacial score (nSPS) is 26.8. The quantitative estimate of drug-likeness (QED) is 0.834. The smallest absolute Gasteiger partial charge is 0.304 e. The van der Waals surface area contributed by atoms with E-state index in [1.165, 1.54) is 10.4 Å². The zero-order chi connectivity index (χ0) is 14.2. The summed E-state index contributed by atoms with van der Waals surface area (Å²) in [5, 5.41) is 12.8. The Bertz CT molecular complexity index is 584. The van der Waals surface area contributed by atoms with Crippen molar-refractivity contribution in [1.29, 1.82) is 0 Å². The number of phenolic OH excluding ortho intramolecular Hbond substituents is 1. The molecule has 1 atom stereocenters. The van der Waals surface area contributed by atoms with Gasteiger partial charge in [0.1, 0.15) is 5.75 Å². The minimum Gasteiger partial charge on any atom is -0.508 e. The van der Waals surface area contributed by atoms with E-state index >= 15 is 0 Å². The summed E-state index contributed by atoms with van der Waals surface area (Å²) in [5.41, 5.74) is 0.528. The number of benzene rings is 1. The lowest BCUT2D eigenvalue weighted by Gasteiger charge is -2.38. The van der Waals surface area contributed by atoms with Crippen molar-refractivity contribution < 1.29 is 13.5 Å². The molecule has 0 spiro atoms. The average molecular weight is 297 g/mol. The Morgan fingerprint density at radius 1 is 1.30 bits per heavy atom. The van der Waals surface area contributed by atoms with Crippen molar-refractivity contribution in [2.24, 2.45) is 0 Å². The monoisotopic (exact) mass is 297 g/mol. The van der Waals surface area contributed by atoms with Crippen molar-refractivity contribution in [3.63, 3.8) is 0 Å². The van der Waals surface area contributed by atoms with E-state index in [1.807, 2.05) is 0 Å². The van der Waals surface area contributed by atoms with E-state index in [1.54, 1.807) is 22.5 Å². The molecule has 0 amide bonds. The highest BCUT2D eigenvalue weighted by Crippen LogP contribution is 2.29. The van der Waals surface area contributed by atoms with Gasteiger partial charge in [-0.05, 0) is 31.5 Å². The Morgan fingerprint density at radius 2 is 2.15 bits per heavy atom. The standard InChI is InChI=1S/C13H19N3O3S/c17-13-4-1-3-11(9-13)15-7-2-8-16(20(15,18)19)12-5-6-14-10-12/h1,3-4,9,12,14,17H,2,5-8,10H2. The zero-order valence-corrected chi connectivity index (χ0v) is 12.0. The number of phenols is 1. The molecule has 2 heterocycles. The third kappa shape index (κ3) is 2.36. The molecular weight excluding hydrogens is 278 g/mol. The Balaban J connectivity index is 1.91. The molecule has 0 saturated carbocycles. The molecular formula is C13H19N3O3S. The van der Waals surface area contributed by atoms with Gasteiger partial charge in [-0.25, -0.2) is 0 Å².